The van der Waals surface area contributed by atoms with Crippen molar-refractivity contribution in [3.63, 3.8) is 0 Å². The van der Waals surface area contributed by atoms with Crippen LogP contribution in [0.2, 0.25) is 0 Å². The molecule has 2 aromatic rings. The predicted molar refractivity (Wildman–Crippen MR) is 67.1 cm³/mol. The predicted octanol–water partition coefficient (Wildman–Crippen LogP) is 4.02. The van der Waals surface area contributed by atoms with Crippen molar-refractivity contribution in [3.05, 3.63) is 36.7 Å². The summed E-state index contributed by atoms with van der Waals surface area (Å²) in [5.74, 6) is 0.833. The molecule has 0 aliphatic rings. The molecule has 0 aliphatic carbocycles. The fraction of sp³-hybridized carbons (Fsp3) is 0.462. The van der Waals surface area contributed by atoms with E-state index in [1.807, 2.05) is 48.8 Å². The number of nitrogens with zero attached hydrogens (tertiary/aromatic N) is 2. The molecule has 0 unspecified atom stereocenters. The van der Waals surface area contributed by atoms with Crippen LogP contribution in [0.25, 0.3) is 5.52 Å². The van der Waals surface area contributed by atoms with Gasteiger partial charge in [-0.05, 0) is 24.1 Å². The first kappa shape index (κ1) is 13.7. The van der Waals surface area contributed by atoms with Crippen LogP contribution in [0.5, 0.6) is 0 Å². The van der Waals surface area contributed by atoms with Crippen LogP contribution in [0.3, 0.4) is 0 Å². The summed E-state index contributed by atoms with van der Waals surface area (Å²) in [5.41, 5.74) is 1.14. The normalized spacial score (nSPS) is 8.93. The Bertz CT molecular complexity index is 317. The van der Waals surface area contributed by atoms with Gasteiger partial charge in [-0.2, -0.15) is 5.10 Å². The second kappa shape index (κ2) is 8.04. The van der Waals surface area contributed by atoms with Gasteiger partial charge in [0.1, 0.15) is 0 Å². The molecule has 0 aliphatic heterocycles. The minimum absolute atomic E-state index is 0.833. The molecule has 0 saturated heterocycles. The third-order valence-corrected chi connectivity index (χ3v) is 1.31. The highest BCUT2D eigenvalue weighted by Crippen LogP contribution is 1.98. The second-order valence-electron chi connectivity index (χ2n) is 3.63. The van der Waals surface area contributed by atoms with E-state index in [0.717, 1.165) is 11.4 Å². The first-order chi connectivity index (χ1) is 7.20. The molecule has 0 amide bonds. The summed E-state index contributed by atoms with van der Waals surface area (Å²) in [6.45, 7) is 10.5. The van der Waals surface area contributed by atoms with Gasteiger partial charge in [0.2, 0.25) is 0 Å². The van der Waals surface area contributed by atoms with E-state index < -0.39 is 0 Å². The molecule has 2 heteroatoms. The first-order valence-electron chi connectivity index (χ1n) is 5.58. The quantitative estimate of drug-likeness (QED) is 0.636. The molecule has 0 atom stereocenters. The average molecular weight is 206 g/mol. The van der Waals surface area contributed by atoms with Gasteiger partial charge in [-0.3, -0.25) is 0 Å². The summed E-state index contributed by atoms with van der Waals surface area (Å²) in [5, 5.41) is 4.04. The van der Waals surface area contributed by atoms with Crippen molar-refractivity contribution in [2.45, 2.75) is 34.6 Å². The topological polar surface area (TPSA) is 17.3 Å². The number of rotatable bonds is 0. The van der Waals surface area contributed by atoms with Gasteiger partial charge in [0.15, 0.2) is 0 Å². The molecule has 2 aromatic heterocycles. The summed E-state index contributed by atoms with van der Waals surface area (Å²) in [7, 11) is 0. The van der Waals surface area contributed by atoms with E-state index in [-0.39, 0.29) is 0 Å². The lowest BCUT2D eigenvalue weighted by Crippen LogP contribution is -1.81. The van der Waals surface area contributed by atoms with E-state index in [0.29, 0.717) is 0 Å². The van der Waals surface area contributed by atoms with Gasteiger partial charge in [-0.15, -0.1) is 0 Å². The molecular weight excluding hydrogens is 184 g/mol. The Balaban J connectivity index is 0.000000282. The smallest absolute Gasteiger partial charge is 0.0661 e. The van der Waals surface area contributed by atoms with Crippen molar-refractivity contribution in [2.75, 3.05) is 0 Å². The lowest BCUT2D eigenvalue weighted by molar-refractivity contribution is 0.737. The van der Waals surface area contributed by atoms with E-state index in [4.69, 9.17) is 0 Å². The molecule has 2 nitrogen and oxygen atoms in total. The zero-order chi connectivity index (χ0) is 11.7. The average Bonchev–Trinajstić information content (AvgIpc) is 2.67. The van der Waals surface area contributed by atoms with Crippen molar-refractivity contribution in [2.24, 2.45) is 5.92 Å². The lowest BCUT2D eigenvalue weighted by atomic mass is 10.3. The Kier molecular flexibility index (Phi) is 7.33. The molecule has 0 bridgehead atoms. The van der Waals surface area contributed by atoms with Crippen LogP contribution in [0, 0.1) is 5.92 Å². The van der Waals surface area contributed by atoms with Gasteiger partial charge in [0.05, 0.1) is 5.52 Å². The Hall–Kier alpha value is -1.31. The Morgan fingerprint density at radius 2 is 1.67 bits per heavy atom. The lowest BCUT2D eigenvalue weighted by Gasteiger charge is -1.86. The number of pyridine rings is 1. The van der Waals surface area contributed by atoms with E-state index in [1.54, 1.807) is 6.20 Å². The largest absolute Gasteiger partial charge is 0.241 e. The maximum atomic E-state index is 4.04. The van der Waals surface area contributed by atoms with E-state index in [1.165, 1.54) is 0 Å². The van der Waals surface area contributed by atoms with Crippen LogP contribution in [-0.2, 0) is 0 Å². The molecule has 0 fully saturated rings. The summed E-state index contributed by atoms with van der Waals surface area (Å²) in [6.07, 6.45) is 3.71. The highest BCUT2D eigenvalue weighted by molar-refractivity contribution is 5.44. The minimum Gasteiger partial charge on any atom is -0.241 e. The highest BCUT2D eigenvalue weighted by atomic mass is 15.2. The van der Waals surface area contributed by atoms with E-state index in [9.17, 15) is 0 Å². The molecule has 0 aromatic carbocycles. The zero-order valence-electron chi connectivity index (χ0n) is 10.4. The van der Waals surface area contributed by atoms with Crippen molar-refractivity contribution >= 4 is 5.52 Å². The maximum Gasteiger partial charge on any atom is 0.0661 e. The molecule has 84 valence electrons. The molecule has 0 saturated carbocycles. The fourth-order valence-corrected chi connectivity index (χ4v) is 0.866. The van der Waals surface area contributed by atoms with Gasteiger partial charge >= 0.3 is 0 Å². The number of aromatic nitrogens is 2. The summed E-state index contributed by atoms with van der Waals surface area (Å²) in [6, 6.07) is 7.95. The zero-order valence-corrected chi connectivity index (χ0v) is 10.4. The van der Waals surface area contributed by atoms with Crippen LogP contribution in [0.4, 0.5) is 0 Å². The van der Waals surface area contributed by atoms with E-state index >= 15 is 0 Å². The fourth-order valence-electron chi connectivity index (χ4n) is 0.866. The highest BCUT2D eigenvalue weighted by Gasteiger charge is 1.85. The molecular formula is C13H22N2. The molecule has 15 heavy (non-hydrogen) atoms. The second-order valence-corrected chi connectivity index (χ2v) is 3.63. The van der Waals surface area contributed by atoms with Gasteiger partial charge in [0, 0.05) is 12.4 Å². The maximum absolute atomic E-state index is 4.04. The summed E-state index contributed by atoms with van der Waals surface area (Å²) >= 11 is 0. The van der Waals surface area contributed by atoms with Crippen molar-refractivity contribution < 1.29 is 0 Å². The summed E-state index contributed by atoms with van der Waals surface area (Å²) < 4.78 is 1.83. The molecule has 0 radical (unpaired) electrons. The summed E-state index contributed by atoms with van der Waals surface area (Å²) in [4.78, 5) is 0. The van der Waals surface area contributed by atoms with Crippen LogP contribution in [0.15, 0.2) is 36.7 Å². The van der Waals surface area contributed by atoms with Crippen molar-refractivity contribution in [1.82, 2.24) is 9.61 Å². The Morgan fingerprint density at radius 1 is 1.07 bits per heavy atom. The Labute approximate surface area is 92.9 Å². The number of fused-ring (bicyclic) bond motifs is 1. The minimum atomic E-state index is 0.833. The monoisotopic (exact) mass is 206 g/mol. The molecule has 0 N–H and O–H groups in total. The van der Waals surface area contributed by atoms with Crippen LogP contribution >= 0.6 is 0 Å². The van der Waals surface area contributed by atoms with Gasteiger partial charge in [-0.25, -0.2) is 4.52 Å². The van der Waals surface area contributed by atoms with Gasteiger partial charge in [0.25, 0.3) is 0 Å². The first-order valence-corrected chi connectivity index (χ1v) is 5.58. The molecule has 0 spiro atoms. The van der Waals surface area contributed by atoms with Crippen LogP contribution in [0.1, 0.15) is 34.6 Å². The van der Waals surface area contributed by atoms with E-state index in [2.05, 4.69) is 25.9 Å². The molecule has 2 heterocycles. The third kappa shape index (κ3) is 5.89. The molecule has 2 rings (SSSR count). The Morgan fingerprint density at radius 3 is 2.20 bits per heavy atom. The van der Waals surface area contributed by atoms with Crippen LogP contribution in [-0.4, -0.2) is 9.61 Å². The number of hydrogen-bond donors (Lipinski definition) is 0. The third-order valence-electron chi connectivity index (χ3n) is 1.31. The van der Waals surface area contributed by atoms with Crippen molar-refractivity contribution in [1.29, 1.82) is 0 Å². The van der Waals surface area contributed by atoms with Crippen LogP contribution < -0.4 is 0 Å². The van der Waals surface area contributed by atoms with Gasteiger partial charge in [-0.1, -0.05) is 40.7 Å². The van der Waals surface area contributed by atoms with Crippen molar-refractivity contribution in [3.8, 4) is 0 Å². The van der Waals surface area contributed by atoms with Gasteiger partial charge < -0.3 is 0 Å². The number of hydrogen-bond acceptors (Lipinski definition) is 1. The SMILES string of the molecule is CC.CC(C)C.c1ccn2nccc2c1. The standard InChI is InChI=1S/C7H6N2.C4H10.C2H6/c1-2-6-9-7(3-1)4-5-8-9;1-4(2)3;1-2/h1-6H;4H,1-3H3;1-2H3.